The Balaban J connectivity index is 1.16. The van der Waals surface area contributed by atoms with Gasteiger partial charge < -0.3 is 25.0 Å². The number of nitrogens with zero attached hydrogens (tertiary/aromatic N) is 6. The standard InChI is InChI=1S/C31H41N9O2/c1-31(2,3)25-17-26(37-42-25)36-30(41)35-21-7-5-20(6-8-21)24-18-40(29-27(24)28(32)33-19-34-29)23-11-9-22(10-12-23)39-15-13-38(4)14-16-39/h5-8,17-19,22-23H,9-16H2,1-4H3,(H2,32,33,34)(H2,35,36,37,41). The zero-order valence-corrected chi connectivity index (χ0v) is 24.9. The van der Waals surface area contributed by atoms with Gasteiger partial charge in [0.05, 0.1) is 5.39 Å². The van der Waals surface area contributed by atoms with Gasteiger partial charge >= 0.3 is 6.03 Å². The molecular weight excluding hydrogens is 530 g/mol. The lowest BCUT2D eigenvalue weighted by Gasteiger charge is -2.41. The molecule has 1 saturated carbocycles. The van der Waals surface area contributed by atoms with E-state index in [-0.39, 0.29) is 5.41 Å². The maximum atomic E-state index is 12.6. The smallest absolute Gasteiger partial charge is 0.324 e. The van der Waals surface area contributed by atoms with Gasteiger partial charge in [0.1, 0.15) is 23.6 Å². The molecule has 42 heavy (non-hydrogen) atoms. The van der Waals surface area contributed by atoms with Crippen LogP contribution in [0.25, 0.3) is 22.2 Å². The van der Waals surface area contributed by atoms with E-state index in [1.165, 1.54) is 12.8 Å². The average molecular weight is 572 g/mol. The van der Waals surface area contributed by atoms with Crippen molar-refractivity contribution < 1.29 is 9.32 Å². The summed E-state index contributed by atoms with van der Waals surface area (Å²) in [5.41, 5.74) is 9.74. The molecule has 11 heteroatoms. The normalized spacial score (nSPS) is 20.6. The van der Waals surface area contributed by atoms with Crippen LogP contribution in [0.4, 0.5) is 22.1 Å². The molecule has 0 bridgehead atoms. The van der Waals surface area contributed by atoms with Crippen LogP contribution in [0.3, 0.4) is 0 Å². The zero-order valence-electron chi connectivity index (χ0n) is 24.9. The molecule has 0 spiro atoms. The van der Waals surface area contributed by atoms with Gasteiger partial charge in [-0.25, -0.2) is 14.8 Å². The van der Waals surface area contributed by atoms with Crippen LogP contribution in [0.1, 0.15) is 58.3 Å². The molecular formula is C31H41N9O2. The van der Waals surface area contributed by atoms with E-state index in [4.69, 9.17) is 10.3 Å². The van der Waals surface area contributed by atoms with E-state index >= 15 is 0 Å². The molecule has 222 valence electrons. The van der Waals surface area contributed by atoms with Crippen molar-refractivity contribution in [3.05, 3.63) is 48.6 Å². The first-order chi connectivity index (χ1) is 20.2. The molecule has 1 saturated heterocycles. The third kappa shape index (κ3) is 5.84. The fourth-order valence-electron chi connectivity index (χ4n) is 6.19. The predicted octanol–water partition coefficient (Wildman–Crippen LogP) is 5.34. The molecule has 2 fully saturated rings. The summed E-state index contributed by atoms with van der Waals surface area (Å²) in [5.74, 6) is 1.55. The third-order valence-corrected chi connectivity index (χ3v) is 8.70. The van der Waals surface area contributed by atoms with E-state index < -0.39 is 6.03 Å². The van der Waals surface area contributed by atoms with Gasteiger partial charge in [-0.15, -0.1) is 0 Å². The van der Waals surface area contributed by atoms with Crippen LogP contribution >= 0.6 is 0 Å². The number of benzene rings is 1. The quantitative estimate of drug-likeness (QED) is 0.293. The molecule has 4 aromatic rings. The second kappa shape index (κ2) is 11.4. The Morgan fingerprint density at radius 2 is 1.67 bits per heavy atom. The third-order valence-electron chi connectivity index (χ3n) is 8.70. The summed E-state index contributed by atoms with van der Waals surface area (Å²) in [5, 5.41) is 10.4. The van der Waals surface area contributed by atoms with Gasteiger partial charge in [-0.1, -0.05) is 38.1 Å². The Labute approximate surface area is 246 Å². The van der Waals surface area contributed by atoms with Crippen LogP contribution in [0.5, 0.6) is 0 Å². The first-order valence-electron chi connectivity index (χ1n) is 14.8. The first-order valence-corrected chi connectivity index (χ1v) is 14.8. The number of aromatic nitrogens is 4. The van der Waals surface area contributed by atoms with Crippen LogP contribution in [-0.4, -0.2) is 74.8 Å². The van der Waals surface area contributed by atoms with Crippen molar-refractivity contribution in [2.24, 2.45) is 0 Å². The van der Waals surface area contributed by atoms with Gasteiger partial charge in [0.2, 0.25) is 0 Å². The van der Waals surface area contributed by atoms with Crippen LogP contribution in [0.2, 0.25) is 0 Å². The second-order valence-electron chi connectivity index (χ2n) is 12.7. The van der Waals surface area contributed by atoms with Crippen molar-refractivity contribution >= 4 is 34.4 Å². The number of rotatable bonds is 5. The molecule has 2 aliphatic rings. The van der Waals surface area contributed by atoms with Crippen LogP contribution < -0.4 is 16.4 Å². The molecule has 4 N–H and O–H groups in total. The van der Waals surface area contributed by atoms with Crippen molar-refractivity contribution in [1.29, 1.82) is 0 Å². The molecule has 11 nitrogen and oxygen atoms in total. The number of piperazine rings is 1. The summed E-state index contributed by atoms with van der Waals surface area (Å²) in [6, 6.07) is 10.1. The maximum absolute atomic E-state index is 12.6. The minimum absolute atomic E-state index is 0.194. The second-order valence-corrected chi connectivity index (χ2v) is 12.7. The summed E-state index contributed by atoms with van der Waals surface area (Å²) in [6.07, 6.45) is 8.36. The maximum Gasteiger partial charge on any atom is 0.324 e. The topological polar surface area (TPSA) is 130 Å². The van der Waals surface area contributed by atoms with Gasteiger partial charge in [0.15, 0.2) is 5.82 Å². The molecule has 0 unspecified atom stereocenters. The van der Waals surface area contributed by atoms with Crippen molar-refractivity contribution in [3.63, 3.8) is 0 Å². The lowest BCUT2D eigenvalue weighted by atomic mass is 9.89. The number of hydrogen-bond acceptors (Lipinski definition) is 8. The Hall–Kier alpha value is -3.96. The average Bonchev–Trinajstić information content (AvgIpc) is 3.60. The predicted molar refractivity (Wildman–Crippen MR) is 166 cm³/mol. The fraction of sp³-hybridized carbons (Fsp3) is 0.484. The lowest BCUT2D eigenvalue weighted by Crippen LogP contribution is -2.49. The number of likely N-dealkylation sites (N-methyl/N-ethyl adjacent to an activating group) is 1. The van der Waals surface area contributed by atoms with Gasteiger partial charge in [-0.05, 0) is 50.4 Å². The Kier molecular flexibility index (Phi) is 7.63. The van der Waals surface area contributed by atoms with Crippen molar-refractivity contribution in [2.45, 2.75) is 64.0 Å². The number of nitrogens with two attached hydrogens (primary N) is 1. The molecule has 3 aromatic heterocycles. The van der Waals surface area contributed by atoms with Gasteiger partial charge in [0.25, 0.3) is 0 Å². The largest absolute Gasteiger partial charge is 0.383 e. The van der Waals surface area contributed by atoms with E-state index in [1.807, 2.05) is 45.0 Å². The SMILES string of the molecule is CN1CCN(C2CCC(n3cc(-c4ccc(NC(=O)Nc5cc(C(C)(C)C)on5)cc4)c4c(N)ncnc43)CC2)CC1. The first kappa shape index (κ1) is 28.2. The van der Waals surface area contributed by atoms with Gasteiger partial charge in [0, 0.05) is 67.2 Å². The molecule has 1 aromatic carbocycles. The monoisotopic (exact) mass is 571 g/mol. The van der Waals surface area contributed by atoms with E-state index in [1.54, 1.807) is 12.4 Å². The molecule has 2 amide bonds. The molecule has 0 radical (unpaired) electrons. The molecule has 1 aliphatic carbocycles. The molecule has 6 rings (SSSR count). The van der Waals surface area contributed by atoms with E-state index in [0.717, 1.165) is 61.2 Å². The number of nitrogens with one attached hydrogen (secondary N) is 2. The molecule has 0 atom stereocenters. The fourth-order valence-corrected chi connectivity index (χ4v) is 6.19. The molecule has 4 heterocycles. The number of carbonyl (C=O) groups excluding carboxylic acids is 1. The summed E-state index contributed by atoms with van der Waals surface area (Å²) in [7, 11) is 2.21. The van der Waals surface area contributed by atoms with Gasteiger partial charge in [-0.3, -0.25) is 10.2 Å². The highest BCUT2D eigenvalue weighted by atomic mass is 16.5. The summed E-state index contributed by atoms with van der Waals surface area (Å²) < 4.78 is 7.67. The van der Waals surface area contributed by atoms with Crippen molar-refractivity contribution in [2.75, 3.05) is 49.6 Å². The number of fused-ring (bicyclic) bond motifs is 1. The highest BCUT2D eigenvalue weighted by Crippen LogP contribution is 2.39. The van der Waals surface area contributed by atoms with E-state index in [0.29, 0.717) is 35.2 Å². The number of amides is 2. The van der Waals surface area contributed by atoms with E-state index in [9.17, 15) is 4.79 Å². The van der Waals surface area contributed by atoms with Crippen molar-refractivity contribution in [1.82, 2.24) is 29.5 Å². The number of hydrogen-bond donors (Lipinski definition) is 3. The minimum Gasteiger partial charge on any atom is -0.383 e. The number of carbonyl (C=O) groups is 1. The summed E-state index contributed by atoms with van der Waals surface area (Å²) >= 11 is 0. The van der Waals surface area contributed by atoms with Crippen LogP contribution in [0.15, 0.2) is 47.4 Å². The zero-order chi connectivity index (χ0) is 29.4. The van der Waals surface area contributed by atoms with Crippen LogP contribution in [-0.2, 0) is 5.41 Å². The van der Waals surface area contributed by atoms with Gasteiger partial charge in [-0.2, -0.15) is 0 Å². The lowest BCUT2D eigenvalue weighted by molar-refractivity contribution is 0.0828. The Morgan fingerprint density at radius 1 is 0.976 bits per heavy atom. The van der Waals surface area contributed by atoms with E-state index in [2.05, 4.69) is 53.4 Å². The summed E-state index contributed by atoms with van der Waals surface area (Å²) in [4.78, 5) is 26.7. The summed E-state index contributed by atoms with van der Waals surface area (Å²) in [6.45, 7) is 10.7. The Bertz CT molecular complexity index is 1540. The number of nitrogen functional groups attached to an aromatic ring is 1. The number of urea groups is 1. The minimum atomic E-state index is -0.391. The highest BCUT2D eigenvalue weighted by Gasteiger charge is 2.30. The Morgan fingerprint density at radius 3 is 2.33 bits per heavy atom. The number of anilines is 3. The van der Waals surface area contributed by atoms with Crippen molar-refractivity contribution in [3.8, 4) is 11.1 Å². The molecule has 1 aliphatic heterocycles. The van der Waals surface area contributed by atoms with Crippen LogP contribution in [0, 0.1) is 0 Å². The highest BCUT2D eigenvalue weighted by molar-refractivity contribution is 6.02.